The first-order valence-electron chi connectivity index (χ1n) is 8.51. The van der Waals surface area contributed by atoms with E-state index in [-0.39, 0.29) is 15.7 Å². The minimum atomic E-state index is -3.74. The van der Waals surface area contributed by atoms with Crippen molar-refractivity contribution in [1.82, 2.24) is 5.32 Å². The largest absolute Gasteiger partial charge is 0.497 e. The molecule has 1 atom stereocenters. The molecule has 2 rings (SSSR count). The van der Waals surface area contributed by atoms with Crippen molar-refractivity contribution in [3.63, 3.8) is 0 Å². The standard InChI is InChI=1S/C19H22Cl2N2O5S/c1-12(15-10-14(27-2)6-8-18(15)28-3)22-19(24)11-23(29(4,25)26)13-5-7-16(20)17(21)9-13/h5-10,12H,11H2,1-4H3,(H,22,24)/t12-/m1/s1. The molecule has 7 nitrogen and oxygen atoms in total. The predicted octanol–water partition coefficient (Wildman–Crippen LogP) is 3.65. The number of methoxy groups -OCH3 is 2. The monoisotopic (exact) mass is 460 g/mol. The lowest BCUT2D eigenvalue weighted by molar-refractivity contribution is -0.120. The van der Waals surface area contributed by atoms with Crippen molar-refractivity contribution in [2.24, 2.45) is 0 Å². The number of benzene rings is 2. The van der Waals surface area contributed by atoms with E-state index in [1.165, 1.54) is 32.4 Å². The average Bonchev–Trinajstić information content (AvgIpc) is 2.66. The van der Waals surface area contributed by atoms with Crippen LogP contribution in [0.5, 0.6) is 11.5 Å². The molecule has 0 heterocycles. The van der Waals surface area contributed by atoms with Gasteiger partial charge in [-0.2, -0.15) is 0 Å². The molecular formula is C19H22Cl2N2O5S. The van der Waals surface area contributed by atoms with Gasteiger partial charge in [-0.05, 0) is 43.3 Å². The minimum Gasteiger partial charge on any atom is -0.497 e. The van der Waals surface area contributed by atoms with Crippen LogP contribution in [0.25, 0.3) is 0 Å². The zero-order valence-corrected chi connectivity index (χ0v) is 18.7. The fraction of sp³-hybridized carbons (Fsp3) is 0.316. The number of halogens is 2. The number of hydrogen-bond acceptors (Lipinski definition) is 5. The maximum atomic E-state index is 12.6. The van der Waals surface area contributed by atoms with E-state index in [1.807, 2.05) is 0 Å². The third kappa shape index (κ3) is 5.91. The van der Waals surface area contributed by atoms with Gasteiger partial charge in [-0.3, -0.25) is 9.10 Å². The van der Waals surface area contributed by atoms with Gasteiger partial charge >= 0.3 is 0 Å². The van der Waals surface area contributed by atoms with E-state index >= 15 is 0 Å². The molecule has 0 aromatic heterocycles. The second-order valence-electron chi connectivity index (χ2n) is 6.27. The van der Waals surface area contributed by atoms with Crippen molar-refractivity contribution in [3.8, 4) is 11.5 Å². The molecule has 0 spiro atoms. The number of sulfonamides is 1. The molecule has 0 aliphatic heterocycles. The Kier molecular flexibility index (Phi) is 7.62. The molecule has 29 heavy (non-hydrogen) atoms. The van der Waals surface area contributed by atoms with Crippen LogP contribution in [0.15, 0.2) is 36.4 Å². The first kappa shape index (κ1) is 23.1. The van der Waals surface area contributed by atoms with Crippen LogP contribution in [-0.2, 0) is 14.8 Å². The lowest BCUT2D eigenvalue weighted by Gasteiger charge is -2.24. The normalized spacial score (nSPS) is 12.2. The van der Waals surface area contributed by atoms with Crippen LogP contribution in [-0.4, -0.2) is 41.3 Å². The molecule has 2 aromatic carbocycles. The molecule has 10 heteroatoms. The molecule has 0 saturated carbocycles. The molecule has 1 amide bonds. The lowest BCUT2D eigenvalue weighted by Crippen LogP contribution is -2.41. The highest BCUT2D eigenvalue weighted by Gasteiger charge is 2.23. The molecule has 158 valence electrons. The van der Waals surface area contributed by atoms with Crippen LogP contribution < -0.4 is 19.1 Å². The van der Waals surface area contributed by atoms with Gasteiger partial charge in [-0.25, -0.2) is 8.42 Å². The summed E-state index contributed by atoms with van der Waals surface area (Å²) in [5.41, 5.74) is 0.935. The van der Waals surface area contributed by atoms with E-state index < -0.39 is 28.5 Å². The summed E-state index contributed by atoms with van der Waals surface area (Å²) in [6, 6.07) is 9.12. The molecule has 2 aromatic rings. The highest BCUT2D eigenvalue weighted by molar-refractivity contribution is 7.92. The van der Waals surface area contributed by atoms with Crippen molar-refractivity contribution in [2.45, 2.75) is 13.0 Å². The van der Waals surface area contributed by atoms with Crippen LogP contribution in [0.4, 0.5) is 5.69 Å². The number of carbonyl (C=O) groups excluding carboxylic acids is 1. The fourth-order valence-corrected chi connectivity index (χ4v) is 3.85. The molecular weight excluding hydrogens is 439 g/mol. The van der Waals surface area contributed by atoms with E-state index in [4.69, 9.17) is 32.7 Å². The summed E-state index contributed by atoms with van der Waals surface area (Å²) in [4.78, 5) is 12.6. The smallest absolute Gasteiger partial charge is 0.241 e. The van der Waals surface area contributed by atoms with Gasteiger partial charge in [0.25, 0.3) is 0 Å². The zero-order chi connectivity index (χ0) is 21.8. The summed E-state index contributed by atoms with van der Waals surface area (Å²) in [7, 11) is -0.679. The van der Waals surface area contributed by atoms with Crippen molar-refractivity contribution < 1.29 is 22.7 Å². The Balaban J connectivity index is 2.23. The number of carbonyl (C=O) groups is 1. The van der Waals surface area contributed by atoms with E-state index in [1.54, 1.807) is 25.1 Å². The number of nitrogens with zero attached hydrogens (tertiary/aromatic N) is 1. The van der Waals surface area contributed by atoms with E-state index in [0.717, 1.165) is 10.6 Å². The maximum absolute atomic E-state index is 12.6. The maximum Gasteiger partial charge on any atom is 0.241 e. The Morgan fingerprint density at radius 1 is 1.10 bits per heavy atom. The minimum absolute atomic E-state index is 0.188. The topological polar surface area (TPSA) is 84.9 Å². The summed E-state index contributed by atoms with van der Waals surface area (Å²) >= 11 is 11.9. The quantitative estimate of drug-likeness (QED) is 0.649. The SMILES string of the molecule is COc1ccc(OC)c([C@@H](C)NC(=O)CN(c2ccc(Cl)c(Cl)c2)S(C)(=O)=O)c1. The Morgan fingerprint density at radius 2 is 1.79 bits per heavy atom. The zero-order valence-electron chi connectivity index (χ0n) is 16.4. The molecule has 0 saturated heterocycles. The molecule has 0 aliphatic rings. The molecule has 0 radical (unpaired) electrons. The van der Waals surface area contributed by atoms with Crippen LogP contribution in [0.2, 0.25) is 10.0 Å². The second kappa shape index (κ2) is 9.56. The third-order valence-electron chi connectivity index (χ3n) is 4.16. The van der Waals surface area contributed by atoms with Crippen LogP contribution in [0, 0.1) is 0 Å². The highest BCUT2D eigenvalue weighted by atomic mass is 35.5. The second-order valence-corrected chi connectivity index (χ2v) is 8.99. The molecule has 0 aliphatic carbocycles. The first-order valence-corrected chi connectivity index (χ1v) is 11.1. The number of anilines is 1. The van der Waals surface area contributed by atoms with Gasteiger partial charge in [0.15, 0.2) is 0 Å². The fourth-order valence-electron chi connectivity index (χ4n) is 2.71. The average molecular weight is 461 g/mol. The summed E-state index contributed by atoms with van der Waals surface area (Å²) < 4.78 is 36.0. The number of nitrogens with one attached hydrogen (secondary N) is 1. The highest BCUT2D eigenvalue weighted by Crippen LogP contribution is 2.30. The summed E-state index contributed by atoms with van der Waals surface area (Å²) in [5.74, 6) is 0.678. The molecule has 0 fully saturated rings. The van der Waals surface area contributed by atoms with Crippen LogP contribution in [0.3, 0.4) is 0 Å². The number of rotatable bonds is 8. The van der Waals surface area contributed by atoms with Crippen molar-refractivity contribution in [2.75, 3.05) is 31.3 Å². The van der Waals surface area contributed by atoms with Gasteiger partial charge in [-0.1, -0.05) is 23.2 Å². The Labute approximate surface area is 180 Å². The predicted molar refractivity (Wildman–Crippen MR) is 115 cm³/mol. The van der Waals surface area contributed by atoms with Gasteiger partial charge in [0.1, 0.15) is 18.0 Å². The summed E-state index contributed by atoms with van der Waals surface area (Å²) in [6.07, 6.45) is 1.01. The van der Waals surface area contributed by atoms with Gasteiger partial charge < -0.3 is 14.8 Å². The van der Waals surface area contributed by atoms with Crippen molar-refractivity contribution in [1.29, 1.82) is 0 Å². The lowest BCUT2D eigenvalue weighted by atomic mass is 10.1. The van der Waals surface area contributed by atoms with Crippen LogP contribution >= 0.6 is 23.2 Å². The van der Waals surface area contributed by atoms with E-state index in [2.05, 4.69) is 5.32 Å². The van der Waals surface area contributed by atoms with E-state index in [0.29, 0.717) is 17.1 Å². The number of ether oxygens (including phenoxy) is 2. The Morgan fingerprint density at radius 3 is 2.34 bits per heavy atom. The summed E-state index contributed by atoms with van der Waals surface area (Å²) in [5, 5.41) is 3.25. The van der Waals surface area contributed by atoms with Gasteiger partial charge in [0.2, 0.25) is 15.9 Å². The Bertz CT molecular complexity index is 998. The third-order valence-corrected chi connectivity index (χ3v) is 6.04. The first-order chi connectivity index (χ1) is 13.6. The van der Waals surface area contributed by atoms with Gasteiger partial charge in [0.05, 0.1) is 42.2 Å². The summed E-state index contributed by atoms with van der Waals surface area (Å²) in [6.45, 7) is 1.34. The van der Waals surface area contributed by atoms with E-state index in [9.17, 15) is 13.2 Å². The number of hydrogen-bond donors (Lipinski definition) is 1. The Hall–Kier alpha value is -2.16. The van der Waals surface area contributed by atoms with Crippen molar-refractivity contribution >= 4 is 44.8 Å². The van der Waals surface area contributed by atoms with Gasteiger partial charge in [0, 0.05) is 5.56 Å². The molecule has 0 bridgehead atoms. The van der Waals surface area contributed by atoms with Crippen LogP contribution in [0.1, 0.15) is 18.5 Å². The molecule has 0 unspecified atom stereocenters. The van der Waals surface area contributed by atoms with Gasteiger partial charge in [-0.15, -0.1) is 0 Å². The number of amides is 1. The van der Waals surface area contributed by atoms with Crippen molar-refractivity contribution in [3.05, 3.63) is 52.0 Å². The molecule has 1 N–H and O–H groups in total.